The van der Waals surface area contributed by atoms with Crippen LogP contribution in [0.2, 0.25) is 0 Å². The maximum atomic E-state index is 12.3. The van der Waals surface area contributed by atoms with Crippen molar-refractivity contribution in [2.24, 2.45) is 10.4 Å². The summed E-state index contributed by atoms with van der Waals surface area (Å²) < 4.78 is 3.46. The predicted octanol–water partition coefficient (Wildman–Crippen LogP) is 1.47. The van der Waals surface area contributed by atoms with E-state index in [4.69, 9.17) is 0 Å². The van der Waals surface area contributed by atoms with Crippen LogP contribution in [-0.4, -0.2) is 50.9 Å². The summed E-state index contributed by atoms with van der Waals surface area (Å²) in [6, 6.07) is 0. The largest absolute Gasteiger partial charge is 0.356 e. The number of nitrogens with zero attached hydrogens (tertiary/aromatic N) is 5. The van der Waals surface area contributed by atoms with E-state index in [0.29, 0.717) is 6.54 Å². The zero-order valence-corrected chi connectivity index (χ0v) is 16.3. The summed E-state index contributed by atoms with van der Waals surface area (Å²) >= 11 is 0. The van der Waals surface area contributed by atoms with Crippen LogP contribution in [0, 0.1) is 5.41 Å². The number of aliphatic imine (C=N–C) groups is 1. The lowest BCUT2D eigenvalue weighted by atomic mass is 9.65. The standard InChI is InChI=1S/C18H32N6O/c1-17(2)13-23(18(17,3)4)15(19-5)20-10-8-12-24-16(25)22-11-7-6-9-14(22)21-24/h6-13H2,1-5H3,(H,19,20). The topological polar surface area (TPSA) is 67.5 Å². The summed E-state index contributed by atoms with van der Waals surface area (Å²) in [5, 5.41) is 7.93. The van der Waals surface area contributed by atoms with Gasteiger partial charge in [0.25, 0.3) is 0 Å². The number of guanidine groups is 1. The molecule has 0 amide bonds. The Bertz CT molecular complexity index is 712. The molecule has 0 spiro atoms. The molecule has 2 aliphatic heterocycles. The molecule has 3 rings (SSSR count). The normalized spacial score (nSPS) is 21.6. The van der Waals surface area contributed by atoms with Gasteiger partial charge in [0.15, 0.2) is 5.96 Å². The second kappa shape index (κ2) is 6.50. The number of aryl methyl sites for hydroxylation is 2. The van der Waals surface area contributed by atoms with Crippen molar-refractivity contribution in [1.29, 1.82) is 0 Å². The van der Waals surface area contributed by atoms with Gasteiger partial charge >= 0.3 is 5.69 Å². The molecule has 0 aromatic carbocycles. The summed E-state index contributed by atoms with van der Waals surface area (Å²) in [4.78, 5) is 19.1. The van der Waals surface area contributed by atoms with E-state index >= 15 is 0 Å². The molecule has 0 radical (unpaired) electrons. The summed E-state index contributed by atoms with van der Waals surface area (Å²) in [7, 11) is 1.83. The molecule has 0 atom stereocenters. The zero-order valence-electron chi connectivity index (χ0n) is 16.3. The van der Waals surface area contributed by atoms with E-state index in [1.807, 2.05) is 11.6 Å². The highest BCUT2D eigenvalue weighted by Crippen LogP contribution is 2.46. The van der Waals surface area contributed by atoms with Crippen molar-refractivity contribution >= 4 is 5.96 Å². The molecular formula is C18H32N6O. The fraction of sp³-hybridized carbons (Fsp3) is 0.833. The Morgan fingerprint density at radius 2 is 2.04 bits per heavy atom. The summed E-state index contributed by atoms with van der Waals surface area (Å²) in [6.07, 6.45) is 3.99. The Kier molecular flexibility index (Phi) is 4.68. The maximum Gasteiger partial charge on any atom is 0.345 e. The van der Waals surface area contributed by atoms with Gasteiger partial charge in [0, 0.05) is 50.6 Å². The molecule has 3 heterocycles. The first kappa shape index (κ1) is 18.0. The average molecular weight is 348 g/mol. The molecule has 2 aliphatic rings. The lowest BCUT2D eigenvalue weighted by molar-refractivity contribution is -0.0667. The average Bonchev–Trinajstić information content (AvgIpc) is 2.90. The quantitative estimate of drug-likeness (QED) is 0.508. The Hall–Kier alpha value is -1.79. The highest BCUT2D eigenvalue weighted by molar-refractivity contribution is 5.81. The second-order valence-corrected chi connectivity index (χ2v) is 8.39. The lowest BCUT2D eigenvalue weighted by Gasteiger charge is -2.62. The summed E-state index contributed by atoms with van der Waals surface area (Å²) in [6.45, 7) is 12.4. The first-order chi connectivity index (χ1) is 11.8. The van der Waals surface area contributed by atoms with Gasteiger partial charge in [-0.1, -0.05) is 13.8 Å². The van der Waals surface area contributed by atoms with E-state index in [9.17, 15) is 4.79 Å². The fourth-order valence-corrected chi connectivity index (χ4v) is 3.72. The van der Waals surface area contributed by atoms with Crippen molar-refractivity contribution in [3.05, 3.63) is 16.3 Å². The molecule has 0 saturated carbocycles. The molecular weight excluding hydrogens is 316 g/mol. The molecule has 1 aromatic rings. The minimum atomic E-state index is 0.0460. The van der Waals surface area contributed by atoms with Gasteiger partial charge in [-0.15, -0.1) is 0 Å². The van der Waals surface area contributed by atoms with E-state index in [-0.39, 0.29) is 16.6 Å². The second-order valence-electron chi connectivity index (χ2n) is 8.39. The van der Waals surface area contributed by atoms with Crippen LogP contribution >= 0.6 is 0 Å². The molecule has 0 aliphatic carbocycles. The van der Waals surface area contributed by atoms with Gasteiger partial charge in [0.05, 0.1) is 0 Å². The number of likely N-dealkylation sites (tertiary alicyclic amines) is 1. The molecule has 1 saturated heterocycles. The Morgan fingerprint density at radius 1 is 1.28 bits per heavy atom. The Balaban J connectivity index is 1.52. The van der Waals surface area contributed by atoms with Gasteiger partial charge in [-0.25, -0.2) is 9.48 Å². The predicted molar refractivity (Wildman–Crippen MR) is 100.0 cm³/mol. The van der Waals surface area contributed by atoms with Crippen LogP contribution in [0.5, 0.6) is 0 Å². The van der Waals surface area contributed by atoms with Crippen molar-refractivity contribution in [3.63, 3.8) is 0 Å². The smallest absolute Gasteiger partial charge is 0.345 e. The Morgan fingerprint density at radius 3 is 2.64 bits per heavy atom. The molecule has 1 aromatic heterocycles. The molecule has 0 bridgehead atoms. The van der Waals surface area contributed by atoms with E-state index in [1.165, 1.54) is 0 Å². The Labute approximate surface area is 150 Å². The van der Waals surface area contributed by atoms with Crippen molar-refractivity contribution in [3.8, 4) is 0 Å². The van der Waals surface area contributed by atoms with Gasteiger partial charge in [-0.3, -0.25) is 9.56 Å². The number of hydrogen-bond acceptors (Lipinski definition) is 3. The van der Waals surface area contributed by atoms with Crippen molar-refractivity contribution < 1.29 is 0 Å². The van der Waals surface area contributed by atoms with Crippen LogP contribution in [0.15, 0.2) is 9.79 Å². The minimum Gasteiger partial charge on any atom is -0.356 e. The molecule has 1 fully saturated rings. The van der Waals surface area contributed by atoms with E-state index in [2.05, 4.69) is 48.0 Å². The first-order valence-corrected chi connectivity index (χ1v) is 9.43. The van der Waals surface area contributed by atoms with Crippen molar-refractivity contribution in [2.45, 2.75) is 72.0 Å². The maximum absolute atomic E-state index is 12.3. The number of hydrogen-bond donors (Lipinski definition) is 1. The van der Waals surface area contributed by atoms with Gasteiger partial charge in [0.1, 0.15) is 5.82 Å². The van der Waals surface area contributed by atoms with Crippen LogP contribution in [0.3, 0.4) is 0 Å². The van der Waals surface area contributed by atoms with Crippen LogP contribution in [-0.2, 0) is 19.5 Å². The SMILES string of the molecule is CN=C(NCCCn1nc2n(c1=O)CCCC2)N1CC(C)(C)C1(C)C. The van der Waals surface area contributed by atoms with Crippen LogP contribution < -0.4 is 11.0 Å². The van der Waals surface area contributed by atoms with Crippen LogP contribution in [0.4, 0.5) is 0 Å². The van der Waals surface area contributed by atoms with Gasteiger partial charge < -0.3 is 10.2 Å². The number of fused-ring (bicyclic) bond motifs is 1. The molecule has 1 N–H and O–H groups in total. The summed E-state index contributed by atoms with van der Waals surface area (Å²) in [5.74, 6) is 1.89. The monoisotopic (exact) mass is 348 g/mol. The minimum absolute atomic E-state index is 0.0460. The van der Waals surface area contributed by atoms with Crippen LogP contribution in [0.25, 0.3) is 0 Å². The van der Waals surface area contributed by atoms with Gasteiger partial charge in [-0.2, -0.15) is 5.10 Å². The molecule has 140 valence electrons. The number of aromatic nitrogens is 3. The third-order valence-electron chi connectivity index (χ3n) is 6.21. The zero-order chi connectivity index (χ0) is 18.2. The lowest BCUT2D eigenvalue weighted by Crippen LogP contribution is -2.72. The van der Waals surface area contributed by atoms with Crippen molar-refractivity contribution in [1.82, 2.24) is 24.6 Å². The number of nitrogens with one attached hydrogen (secondary N) is 1. The fourth-order valence-electron chi connectivity index (χ4n) is 3.72. The summed E-state index contributed by atoms with van der Waals surface area (Å²) in [5.41, 5.74) is 0.423. The first-order valence-electron chi connectivity index (χ1n) is 9.43. The molecule has 0 unspecified atom stereocenters. The van der Waals surface area contributed by atoms with E-state index in [0.717, 1.165) is 57.1 Å². The third kappa shape index (κ3) is 3.09. The van der Waals surface area contributed by atoms with E-state index in [1.54, 1.807) is 4.68 Å². The van der Waals surface area contributed by atoms with E-state index < -0.39 is 0 Å². The highest BCUT2D eigenvalue weighted by Gasteiger charge is 2.53. The molecule has 7 heteroatoms. The van der Waals surface area contributed by atoms with Gasteiger partial charge in [-0.05, 0) is 33.1 Å². The third-order valence-corrected chi connectivity index (χ3v) is 6.21. The number of rotatable bonds is 4. The highest BCUT2D eigenvalue weighted by atomic mass is 16.2. The molecule has 7 nitrogen and oxygen atoms in total. The van der Waals surface area contributed by atoms with Crippen LogP contribution in [0.1, 0.15) is 52.8 Å². The molecule has 25 heavy (non-hydrogen) atoms. The van der Waals surface area contributed by atoms with Gasteiger partial charge in [0.2, 0.25) is 0 Å². The van der Waals surface area contributed by atoms with Crippen molar-refractivity contribution in [2.75, 3.05) is 20.1 Å².